The molecule has 2 N–H and O–H groups in total. The number of rotatable bonds is 7. The van der Waals surface area contributed by atoms with E-state index in [1.807, 2.05) is 20.8 Å². The molecule has 0 heterocycles. The fraction of sp³-hybridized carbons (Fsp3) is 0.929. The third-order valence-corrected chi connectivity index (χ3v) is 5.14. The summed E-state index contributed by atoms with van der Waals surface area (Å²) in [5.41, 5.74) is 0. The smallest absolute Gasteiger partial charge is 0.191 e. The van der Waals surface area contributed by atoms with Crippen molar-refractivity contribution in [1.29, 1.82) is 0 Å². The molecule has 0 saturated heterocycles. The van der Waals surface area contributed by atoms with Crippen molar-refractivity contribution in [3.8, 4) is 0 Å². The van der Waals surface area contributed by atoms with Crippen molar-refractivity contribution in [2.45, 2.75) is 52.2 Å². The van der Waals surface area contributed by atoms with Crippen LogP contribution in [-0.4, -0.2) is 40.8 Å². The van der Waals surface area contributed by atoms with E-state index < -0.39 is 10.8 Å². The predicted octanol–water partition coefficient (Wildman–Crippen LogP) is 2.13. The third kappa shape index (κ3) is 8.24. The van der Waals surface area contributed by atoms with Crippen molar-refractivity contribution in [1.82, 2.24) is 10.6 Å². The highest BCUT2D eigenvalue weighted by molar-refractivity contribution is 7.86. The highest BCUT2D eigenvalue weighted by Gasteiger charge is 2.18. The molecule has 5 heteroatoms. The van der Waals surface area contributed by atoms with Crippen LogP contribution in [0.5, 0.6) is 0 Å². The fourth-order valence-electron chi connectivity index (χ4n) is 1.61. The average Bonchev–Trinajstić information content (AvgIpc) is 2.36. The van der Waals surface area contributed by atoms with Crippen molar-refractivity contribution in [3.05, 3.63) is 0 Å². The molecule has 0 aliphatic carbocycles. The van der Waals surface area contributed by atoms with Crippen molar-refractivity contribution in [3.63, 3.8) is 0 Å². The Hall–Kier alpha value is -0.580. The lowest BCUT2D eigenvalue weighted by atomic mass is 10.0. The molecule has 0 rings (SSSR count). The first-order valence-electron chi connectivity index (χ1n) is 7.18. The Balaban J connectivity index is 3.99. The lowest BCUT2D eigenvalue weighted by Crippen LogP contribution is -2.42. The highest BCUT2D eigenvalue weighted by atomic mass is 32.2. The molecule has 0 aromatic carbocycles. The Kier molecular flexibility index (Phi) is 9.06. The van der Waals surface area contributed by atoms with E-state index in [0.29, 0.717) is 18.2 Å². The van der Waals surface area contributed by atoms with Gasteiger partial charge in [0, 0.05) is 41.4 Å². The van der Waals surface area contributed by atoms with Gasteiger partial charge in [0.1, 0.15) is 0 Å². The summed E-state index contributed by atoms with van der Waals surface area (Å²) in [6.45, 7) is 12.0. The van der Waals surface area contributed by atoms with E-state index in [0.717, 1.165) is 12.5 Å². The van der Waals surface area contributed by atoms with Gasteiger partial charge in [0.25, 0.3) is 0 Å². The van der Waals surface area contributed by atoms with Gasteiger partial charge in [-0.3, -0.25) is 9.20 Å². The summed E-state index contributed by atoms with van der Waals surface area (Å²) in [5.74, 6) is 2.13. The van der Waals surface area contributed by atoms with Crippen LogP contribution in [0.1, 0.15) is 47.5 Å². The van der Waals surface area contributed by atoms with Crippen molar-refractivity contribution in [2.24, 2.45) is 10.9 Å². The molecule has 19 heavy (non-hydrogen) atoms. The second-order valence-electron chi connectivity index (χ2n) is 5.72. The van der Waals surface area contributed by atoms with Gasteiger partial charge in [-0.05, 0) is 26.7 Å². The summed E-state index contributed by atoms with van der Waals surface area (Å²) < 4.78 is 11.8. The van der Waals surface area contributed by atoms with Gasteiger partial charge in [0.15, 0.2) is 5.96 Å². The van der Waals surface area contributed by atoms with E-state index >= 15 is 0 Å². The van der Waals surface area contributed by atoms with Crippen molar-refractivity contribution >= 4 is 16.8 Å². The van der Waals surface area contributed by atoms with Crippen LogP contribution in [0.3, 0.4) is 0 Å². The van der Waals surface area contributed by atoms with Gasteiger partial charge in [-0.15, -0.1) is 0 Å². The van der Waals surface area contributed by atoms with Gasteiger partial charge in [-0.1, -0.05) is 26.7 Å². The monoisotopic (exact) mass is 289 g/mol. The predicted molar refractivity (Wildman–Crippen MR) is 86.2 cm³/mol. The number of hydrogen-bond donors (Lipinski definition) is 2. The minimum absolute atomic E-state index is 0.145. The Bertz CT molecular complexity index is 294. The van der Waals surface area contributed by atoms with E-state index in [9.17, 15) is 4.21 Å². The van der Waals surface area contributed by atoms with Gasteiger partial charge in [-0.25, -0.2) is 0 Å². The largest absolute Gasteiger partial charge is 0.356 e. The maximum absolute atomic E-state index is 11.9. The lowest BCUT2D eigenvalue weighted by molar-refractivity contribution is 0.481. The quantitative estimate of drug-likeness (QED) is 0.558. The van der Waals surface area contributed by atoms with Crippen LogP contribution >= 0.6 is 0 Å². The first-order valence-corrected chi connectivity index (χ1v) is 8.50. The minimum Gasteiger partial charge on any atom is -0.356 e. The molecule has 0 saturated carbocycles. The zero-order chi connectivity index (χ0) is 14.9. The Morgan fingerprint density at radius 3 is 2.21 bits per heavy atom. The molecule has 1 atom stereocenters. The molecule has 4 nitrogen and oxygen atoms in total. The molecular weight excluding hydrogens is 258 g/mol. The second kappa shape index (κ2) is 9.34. The van der Waals surface area contributed by atoms with Crippen LogP contribution < -0.4 is 10.6 Å². The van der Waals surface area contributed by atoms with Gasteiger partial charge in [-0.2, -0.15) is 0 Å². The van der Waals surface area contributed by atoms with Gasteiger partial charge < -0.3 is 10.6 Å². The van der Waals surface area contributed by atoms with Gasteiger partial charge in [0.05, 0.1) is 0 Å². The molecule has 0 spiro atoms. The molecule has 0 radical (unpaired) electrons. The number of aliphatic imine (C=N–C) groups is 1. The third-order valence-electron chi connectivity index (χ3n) is 3.20. The van der Waals surface area contributed by atoms with E-state index in [1.165, 1.54) is 12.8 Å². The van der Waals surface area contributed by atoms with Gasteiger partial charge >= 0.3 is 0 Å². The SMILES string of the molecule is CCC(CC)CNC(=NC)NCCS(=O)C(C)(C)C. The number of nitrogens with zero attached hydrogens (tertiary/aromatic N) is 1. The van der Waals surface area contributed by atoms with Crippen LogP contribution in [0.15, 0.2) is 4.99 Å². The van der Waals surface area contributed by atoms with Crippen molar-refractivity contribution < 1.29 is 4.21 Å². The zero-order valence-electron chi connectivity index (χ0n) is 13.4. The molecule has 114 valence electrons. The summed E-state index contributed by atoms with van der Waals surface area (Å²) in [6.07, 6.45) is 2.35. The van der Waals surface area contributed by atoms with E-state index in [1.54, 1.807) is 7.05 Å². The molecule has 0 bridgehead atoms. The van der Waals surface area contributed by atoms with E-state index in [-0.39, 0.29) is 4.75 Å². The first kappa shape index (κ1) is 18.4. The van der Waals surface area contributed by atoms with E-state index in [2.05, 4.69) is 29.5 Å². The van der Waals surface area contributed by atoms with Crippen LogP contribution in [0.25, 0.3) is 0 Å². The summed E-state index contributed by atoms with van der Waals surface area (Å²) in [4.78, 5) is 4.18. The van der Waals surface area contributed by atoms with Crippen LogP contribution in [0, 0.1) is 5.92 Å². The normalized spacial score (nSPS) is 14.6. The summed E-state index contributed by atoms with van der Waals surface area (Å²) >= 11 is 0. The van der Waals surface area contributed by atoms with Gasteiger partial charge in [0.2, 0.25) is 0 Å². The summed E-state index contributed by atoms with van der Waals surface area (Å²) in [5, 5.41) is 6.55. The minimum atomic E-state index is -0.817. The topological polar surface area (TPSA) is 53.5 Å². The Labute approximate surface area is 121 Å². The maximum atomic E-state index is 11.9. The molecule has 0 aromatic rings. The summed E-state index contributed by atoms with van der Waals surface area (Å²) in [6, 6.07) is 0. The summed E-state index contributed by atoms with van der Waals surface area (Å²) in [7, 11) is 0.950. The van der Waals surface area contributed by atoms with Crippen LogP contribution in [0.4, 0.5) is 0 Å². The highest BCUT2D eigenvalue weighted by Crippen LogP contribution is 2.10. The Morgan fingerprint density at radius 1 is 1.21 bits per heavy atom. The molecule has 0 aromatic heterocycles. The second-order valence-corrected chi connectivity index (χ2v) is 8.05. The standard InChI is InChI=1S/C14H31N3OS/c1-7-12(8-2)11-17-13(15-6)16-9-10-19(18)14(3,4)5/h12H,7-11H2,1-6H3,(H2,15,16,17). The molecule has 0 aliphatic rings. The average molecular weight is 289 g/mol. The van der Waals surface area contributed by atoms with Crippen LogP contribution in [0.2, 0.25) is 0 Å². The molecule has 0 aliphatic heterocycles. The molecule has 0 fully saturated rings. The van der Waals surface area contributed by atoms with Crippen molar-refractivity contribution in [2.75, 3.05) is 25.9 Å². The Morgan fingerprint density at radius 2 is 1.79 bits per heavy atom. The number of hydrogen-bond acceptors (Lipinski definition) is 2. The van der Waals surface area contributed by atoms with Crippen LogP contribution in [-0.2, 0) is 10.8 Å². The molecular formula is C14H31N3OS. The molecule has 0 amide bonds. The zero-order valence-corrected chi connectivity index (χ0v) is 14.2. The number of guanidine groups is 1. The molecule has 1 unspecified atom stereocenters. The van der Waals surface area contributed by atoms with E-state index in [4.69, 9.17) is 0 Å². The number of nitrogens with one attached hydrogen (secondary N) is 2. The fourth-order valence-corrected chi connectivity index (χ4v) is 2.51. The first-order chi connectivity index (χ1) is 8.85. The maximum Gasteiger partial charge on any atom is 0.191 e. The lowest BCUT2D eigenvalue weighted by Gasteiger charge is -2.19.